The van der Waals surface area contributed by atoms with E-state index in [0.29, 0.717) is 12.2 Å². The second-order valence-electron chi connectivity index (χ2n) is 10.9. The molecule has 0 atom stereocenters. The van der Waals surface area contributed by atoms with E-state index in [-0.39, 0.29) is 11.7 Å². The van der Waals surface area contributed by atoms with E-state index in [9.17, 15) is 9.59 Å². The van der Waals surface area contributed by atoms with E-state index in [4.69, 9.17) is 9.84 Å². The highest BCUT2D eigenvalue weighted by Gasteiger charge is 2.47. The number of carboxylic acid groups (broad SMARTS) is 1. The minimum atomic E-state index is -0.979. The number of ether oxygens (including phenoxy) is 1. The first-order valence-corrected chi connectivity index (χ1v) is 14.2. The van der Waals surface area contributed by atoms with Crippen LogP contribution in [0.4, 0.5) is 10.5 Å². The second-order valence-corrected chi connectivity index (χ2v) is 10.9. The number of aryl methyl sites for hydroxylation is 2. The van der Waals surface area contributed by atoms with Gasteiger partial charge in [-0.15, -0.1) is 0 Å². The van der Waals surface area contributed by atoms with Crippen LogP contribution in [0, 0.1) is 0 Å². The molecule has 3 aromatic carbocycles. The van der Waals surface area contributed by atoms with Gasteiger partial charge < -0.3 is 9.84 Å². The Morgan fingerprint density at radius 1 is 0.923 bits per heavy atom. The quantitative estimate of drug-likeness (QED) is 0.327. The molecule has 204 valence electrons. The van der Waals surface area contributed by atoms with Crippen LogP contribution in [0.2, 0.25) is 0 Å². The van der Waals surface area contributed by atoms with Gasteiger partial charge in [0.05, 0.1) is 12.1 Å². The van der Waals surface area contributed by atoms with Gasteiger partial charge in [-0.25, -0.2) is 9.59 Å². The Labute approximate surface area is 231 Å². The number of nitrogens with zero attached hydrogens (tertiary/aromatic N) is 2. The minimum Gasteiger partial charge on any atom is -0.478 e. The number of amides is 1. The second kappa shape index (κ2) is 11.6. The maximum Gasteiger partial charge on any atom is 0.415 e. The molecule has 1 spiro atoms. The molecule has 1 amide bonds. The maximum atomic E-state index is 12.8. The summed E-state index contributed by atoms with van der Waals surface area (Å²) >= 11 is 0. The predicted molar refractivity (Wildman–Crippen MR) is 154 cm³/mol. The summed E-state index contributed by atoms with van der Waals surface area (Å²) in [5, 5.41) is 9.16. The molecule has 0 radical (unpaired) electrons. The van der Waals surface area contributed by atoms with Crippen molar-refractivity contribution in [3.63, 3.8) is 0 Å². The van der Waals surface area contributed by atoms with Crippen molar-refractivity contribution in [3.05, 3.63) is 89.0 Å². The number of rotatable bonds is 9. The lowest BCUT2D eigenvalue weighted by molar-refractivity contribution is -0.000988. The molecule has 5 rings (SSSR count). The van der Waals surface area contributed by atoms with Crippen LogP contribution in [0.5, 0.6) is 0 Å². The van der Waals surface area contributed by atoms with Crippen LogP contribution in [-0.4, -0.2) is 47.3 Å². The van der Waals surface area contributed by atoms with Crippen molar-refractivity contribution in [1.29, 1.82) is 0 Å². The number of carbonyl (C=O) groups excluding carboxylic acids is 1. The average molecular weight is 527 g/mol. The van der Waals surface area contributed by atoms with E-state index in [0.717, 1.165) is 58.2 Å². The van der Waals surface area contributed by atoms with Crippen LogP contribution in [0.25, 0.3) is 11.1 Å². The molecule has 0 aliphatic carbocycles. The Bertz CT molecular complexity index is 1280. The maximum absolute atomic E-state index is 12.8. The molecule has 0 bridgehead atoms. The summed E-state index contributed by atoms with van der Waals surface area (Å²) in [4.78, 5) is 28.1. The highest BCUT2D eigenvalue weighted by molar-refractivity contribution is 5.92. The molecular weight excluding hydrogens is 488 g/mol. The summed E-state index contributed by atoms with van der Waals surface area (Å²) in [6.45, 7) is 7.62. The third-order valence-electron chi connectivity index (χ3n) is 8.03. The van der Waals surface area contributed by atoms with Gasteiger partial charge in [0.15, 0.2) is 0 Å². The van der Waals surface area contributed by atoms with Gasteiger partial charge in [0.25, 0.3) is 0 Å². The Balaban J connectivity index is 1.29. The van der Waals surface area contributed by atoms with E-state index in [1.807, 2.05) is 0 Å². The van der Waals surface area contributed by atoms with Crippen molar-refractivity contribution in [3.8, 4) is 11.1 Å². The Hall–Kier alpha value is -3.64. The largest absolute Gasteiger partial charge is 0.478 e. The summed E-state index contributed by atoms with van der Waals surface area (Å²) < 4.78 is 5.94. The molecule has 2 fully saturated rings. The summed E-state index contributed by atoms with van der Waals surface area (Å²) in [5.41, 5.74) is 7.35. The van der Waals surface area contributed by atoms with Crippen LogP contribution >= 0.6 is 0 Å². The SMILES string of the molecule is CCCc1cc(CN2CCC3(CC2)CN(c2ccc(C(=O)O)cc2)C(=O)O3)cc(CCC)c1-c1ccccc1. The van der Waals surface area contributed by atoms with Gasteiger partial charge >= 0.3 is 12.1 Å². The zero-order valence-corrected chi connectivity index (χ0v) is 23.0. The van der Waals surface area contributed by atoms with Crippen molar-refractivity contribution < 1.29 is 19.4 Å². The molecule has 0 aromatic heterocycles. The van der Waals surface area contributed by atoms with Gasteiger partial charge in [-0.3, -0.25) is 9.80 Å². The number of carboxylic acids is 1. The molecule has 2 heterocycles. The van der Waals surface area contributed by atoms with Crippen molar-refractivity contribution in [1.82, 2.24) is 4.90 Å². The third kappa shape index (κ3) is 5.86. The molecule has 6 nitrogen and oxygen atoms in total. The number of benzene rings is 3. The lowest BCUT2D eigenvalue weighted by Crippen LogP contribution is -2.46. The summed E-state index contributed by atoms with van der Waals surface area (Å²) in [6.07, 6.45) is 5.58. The van der Waals surface area contributed by atoms with Gasteiger partial charge in [-0.1, -0.05) is 69.2 Å². The highest BCUT2D eigenvalue weighted by atomic mass is 16.6. The molecule has 2 aliphatic heterocycles. The summed E-state index contributed by atoms with van der Waals surface area (Å²) in [5.74, 6) is -0.979. The summed E-state index contributed by atoms with van der Waals surface area (Å²) in [6, 6.07) is 22.0. The number of hydrogen-bond donors (Lipinski definition) is 1. The van der Waals surface area contributed by atoms with Crippen LogP contribution in [0.3, 0.4) is 0 Å². The molecule has 6 heteroatoms. The van der Waals surface area contributed by atoms with Gasteiger partial charge in [0.1, 0.15) is 5.60 Å². The Morgan fingerprint density at radius 3 is 2.10 bits per heavy atom. The van der Waals surface area contributed by atoms with Gasteiger partial charge in [0, 0.05) is 38.2 Å². The molecule has 2 saturated heterocycles. The van der Waals surface area contributed by atoms with Crippen molar-refractivity contribution in [2.75, 3.05) is 24.5 Å². The normalized spacial score (nSPS) is 17.0. The standard InChI is InChI=1S/C33H38N2O4/c1-3-8-27-20-24(21-28(9-4-2)30(27)25-10-6-5-7-11-25)22-34-18-16-33(17-19-34)23-35(32(38)39-33)29-14-12-26(13-15-29)31(36)37/h5-7,10-15,20-21H,3-4,8-9,16-19,22-23H2,1-2H3,(H,36,37). The van der Waals surface area contributed by atoms with Gasteiger partial charge in [-0.2, -0.15) is 0 Å². The average Bonchev–Trinajstić information content (AvgIpc) is 3.26. The van der Waals surface area contributed by atoms with Crippen LogP contribution < -0.4 is 4.90 Å². The first-order chi connectivity index (χ1) is 18.9. The summed E-state index contributed by atoms with van der Waals surface area (Å²) in [7, 11) is 0. The van der Waals surface area contributed by atoms with Crippen molar-refractivity contribution >= 4 is 17.7 Å². The Morgan fingerprint density at radius 2 is 1.54 bits per heavy atom. The van der Waals surface area contributed by atoms with Crippen molar-refractivity contribution in [2.24, 2.45) is 0 Å². The van der Waals surface area contributed by atoms with E-state index in [2.05, 4.69) is 61.2 Å². The highest BCUT2D eigenvalue weighted by Crippen LogP contribution is 2.37. The van der Waals surface area contributed by atoms with Gasteiger partial charge in [-0.05, 0) is 64.9 Å². The Kier molecular flexibility index (Phi) is 8.03. The van der Waals surface area contributed by atoms with Crippen molar-refractivity contribution in [2.45, 2.75) is 64.5 Å². The van der Waals surface area contributed by atoms with Crippen LogP contribution in [-0.2, 0) is 24.1 Å². The zero-order valence-electron chi connectivity index (χ0n) is 23.0. The number of likely N-dealkylation sites (tertiary alicyclic amines) is 1. The molecule has 2 aliphatic rings. The van der Waals surface area contributed by atoms with Crippen LogP contribution in [0.1, 0.15) is 66.6 Å². The molecular formula is C33H38N2O4. The zero-order chi connectivity index (χ0) is 27.4. The molecule has 3 aromatic rings. The lowest BCUT2D eigenvalue weighted by Gasteiger charge is -2.37. The number of hydrogen-bond acceptors (Lipinski definition) is 4. The fraction of sp³-hybridized carbons (Fsp3) is 0.394. The van der Waals surface area contributed by atoms with E-state index in [1.165, 1.54) is 39.9 Å². The molecule has 1 N–H and O–H groups in total. The number of aromatic carboxylic acids is 1. The topological polar surface area (TPSA) is 70.1 Å². The number of piperidine rings is 1. The van der Waals surface area contributed by atoms with E-state index < -0.39 is 11.6 Å². The third-order valence-corrected chi connectivity index (χ3v) is 8.03. The lowest BCUT2D eigenvalue weighted by atomic mass is 9.87. The molecule has 0 saturated carbocycles. The first kappa shape index (κ1) is 26.9. The predicted octanol–water partition coefficient (Wildman–Crippen LogP) is 6.95. The number of anilines is 1. The molecule has 39 heavy (non-hydrogen) atoms. The van der Waals surface area contributed by atoms with E-state index in [1.54, 1.807) is 17.0 Å². The van der Waals surface area contributed by atoms with E-state index >= 15 is 0 Å². The smallest absolute Gasteiger partial charge is 0.415 e. The fourth-order valence-corrected chi connectivity index (χ4v) is 6.08. The minimum absolute atomic E-state index is 0.204. The first-order valence-electron chi connectivity index (χ1n) is 14.2. The molecule has 0 unspecified atom stereocenters. The monoisotopic (exact) mass is 526 g/mol. The fourth-order valence-electron chi connectivity index (χ4n) is 6.08. The number of carbonyl (C=O) groups is 2. The van der Waals surface area contributed by atoms with Gasteiger partial charge in [0.2, 0.25) is 0 Å². The van der Waals surface area contributed by atoms with Crippen LogP contribution in [0.15, 0.2) is 66.7 Å².